The highest BCUT2D eigenvalue weighted by atomic mass is 16.6. The van der Waals surface area contributed by atoms with Crippen molar-refractivity contribution in [3.05, 3.63) is 72.8 Å². The maximum atomic E-state index is 12.4. The number of esters is 1. The average Bonchev–Trinajstić information content (AvgIpc) is 3.11. The van der Waals surface area contributed by atoms with Crippen molar-refractivity contribution in [1.29, 1.82) is 0 Å². The molecular weight excluding hydrogens is 354 g/mol. The number of hydrogen-bond donors (Lipinski definition) is 0. The minimum absolute atomic E-state index is 0.103. The Morgan fingerprint density at radius 3 is 2.39 bits per heavy atom. The van der Waals surface area contributed by atoms with E-state index in [0.29, 0.717) is 13.0 Å². The van der Waals surface area contributed by atoms with E-state index >= 15 is 0 Å². The van der Waals surface area contributed by atoms with Gasteiger partial charge in [-0.15, -0.1) is 0 Å². The van der Waals surface area contributed by atoms with Gasteiger partial charge < -0.3 is 9.47 Å². The van der Waals surface area contributed by atoms with E-state index in [9.17, 15) is 9.59 Å². The lowest BCUT2D eigenvalue weighted by atomic mass is 9.80. The fraction of sp³-hybridized carbons (Fsp3) is 0.304. The molecule has 0 N–H and O–H groups in total. The molecule has 0 bridgehead atoms. The van der Waals surface area contributed by atoms with Gasteiger partial charge in [0.05, 0.1) is 7.11 Å². The predicted molar refractivity (Wildman–Crippen MR) is 108 cm³/mol. The van der Waals surface area contributed by atoms with Crippen LogP contribution in [0, 0.1) is 0 Å². The summed E-state index contributed by atoms with van der Waals surface area (Å²) in [4.78, 5) is 26.2. The number of hydrogen-bond acceptors (Lipinski definition) is 4. The van der Waals surface area contributed by atoms with Crippen LogP contribution in [-0.2, 0) is 19.7 Å². The van der Waals surface area contributed by atoms with E-state index in [1.54, 1.807) is 0 Å². The third-order valence-electron chi connectivity index (χ3n) is 5.26. The zero-order chi connectivity index (χ0) is 20.1. The molecule has 0 aliphatic carbocycles. The highest BCUT2D eigenvalue weighted by Gasteiger charge is 2.48. The van der Waals surface area contributed by atoms with Crippen LogP contribution in [0.25, 0.3) is 11.1 Å². The molecule has 2 aromatic rings. The molecule has 1 amide bonds. The molecule has 1 aliphatic rings. The van der Waals surface area contributed by atoms with Gasteiger partial charge >= 0.3 is 12.1 Å². The van der Waals surface area contributed by atoms with Gasteiger partial charge in [-0.1, -0.05) is 74.2 Å². The van der Waals surface area contributed by atoms with Gasteiger partial charge in [0.1, 0.15) is 12.6 Å². The van der Waals surface area contributed by atoms with Crippen LogP contribution in [0.1, 0.15) is 18.9 Å². The monoisotopic (exact) mass is 379 g/mol. The van der Waals surface area contributed by atoms with Crippen molar-refractivity contribution in [3.8, 4) is 11.1 Å². The lowest BCUT2D eigenvalue weighted by Gasteiger charge is -2.25. The van der Waals surface area contributed by atoms with Gasteiger partial charge in [0.2, 0.25) is 0 Å². The van der Waals surface area contributed by atoms with E-state index in [2.05, 4.69) is 49.9 Å². The molecule has 0 aromatic heterocycles. The summed E-state index contributed by atoms with van der Waals surface area (Å²) < 4.78 is 10.1. The van der Waals surface area contributed by atoms with Crippen molar-refractivity contribution in [2.75, 3.05) is 20.3 Å². The topological polar surface area (TPSA) is 55.8 Å². The van der Waals surface area contributed by atoms with E-state index in [1.807, 2.05) is 18.2 Å². The summed E-state index contributed by atoms with van der Waals surface area (Å²) in [6.45, 7) is 6.09. The zero-order valence-corrected chi connectivity index (χ0v) is 16.3. The molecule has 1 saturated heterocycles. The van der Waals surface area contributed by atoms with E-state index in [0.717, 1.165) is 16.7 Å². The molecule has 0 radical (unpaired) electrons. The third-order valence-corrected chi connectivity index (χ3v) is 5.26. The predicted octanol–water partition coefficient (Wildman–Crippen LogP) is 4.18. The summed E-state index contributed by atoms with van der Waals surface area (Å²) >= 11 is 0. The summed E-state index contributed by atoms with van der Waals surface area (Å²) in [5, 5.41) is 0. The second-order valence-corrected chi connectivity index (χ2v) is 7.24. The number of likely N-dealkylation sites (tertiary alicyclic amines) is 1. The fourth-order valence-corrected chi connectivity index (χ4v) is 3.74. The molecule has 0 saturated carbocycles. The van der Waals surface area contributed by atoms with Gasteiger partial charge in [-0.05, 0) is 23.1 Å². The van der Waals surface area contributed by atoms with Gasteiger partial charge in [0, 0.05) is 12.0 Å². The number of amides is 1. The number of nitrogens with zero attached hydrogens (tertiary/aromatic N) is 1. The molecule has 146 valence electrons. The third kappa shape index (κ3) is 3.93. The molecule has 5 heteroatoms. The van der Waals surface area contributed by atoms with E-state index in [4.69, 9.17) is 9.47 Å². The molecule has 3 rings (SSSR count). The maximum absolute atomic E-state index is 12.4. The maximum Gasteiger partial charge on any atom is 0.410 e. The lowest BCUT2D eigenvalue weighted by molar-refractivity contribution is -0.145. The van der Waals surface area contributed by atoms with Gasteiger partial charge in [-0.2, -0.15) is 0 Å². The summed E-state index contributed by atoms with van der Waals surface area (Å²) in [7, 11) is 1.33. The van der Waals surface area contributed by atoms with Crippen molar-refractivity contribution < 1.29 is 19.1 Å². The SMILES string of the molecule is C=CCOC(=O)N1C[C@](C)(c2ccc(-c3ccccc3)cc2)C[C@H]1C(=O)OC. The van der Waals surface area contributed by atoms with Crippen molar-refractivity contribution in [2.45, 2.75) is 24.8 Å². The largest absolute Gasteiger partial charge is 0.467 e. The van der Waals surface area contributed by atoms with Crippen LogP contribution in [-0.4, -0.2) is 43.3 Å². The zero-order valence-electron chi connectivity index (χ0n) is 16.3. The van der Waals surface area contributed by atoms with Gasteiger partial charge in [-0.3, -0.25) is 4.90 Å². The highest BCUT2D eigenvalue weighted by molar-refractivity contribution is 5.82. The van der Waals surface area contributed by atoms with E-state index in [1.165, 1.54) is 18.1 Å². The fourth-order valence-electron chi connectivity index (χ4n) is 3.74. The Kier molecular flexibility index (Phi) is 5.83. The molecule has 1 heterocycles. The van der Waals surface area contributed by atoms with Crippen LogP contribution >= 0.6 is 0 Å². The molecule has 5 nitrogen and oxygen atoms in total. The first-order valence-corrected chi connectivity index (χ1v) is 9.26. The molecule has 0 spiro atoms. The molecule has 1 aliphatic heterocycles. The first kappa shape index (κ1) is 19.7. The Morgan fingerprint density at radius 1 is 1.14 bits per heavy atom. The Hall–Kier alpha value is -3.08. The number of methoxy groups -OCH3 is 1. The van der Waals surface area contributed by atoms with Crippen LogP contribution in [0.4, 0.5) is 4.79 Å². The Morgan fingerprint density at radius 2 is 1.79 bits per heavy atom. The first-order chi connectivity index (χ1) is 13.5. The van der Waals surface area contributed by atoms with Gasteiger partial charge in [-0.25, -0.2) is 9.59 Å². The minimum atomic E-state index is -0.666. The first-order valence-electron chi connectivity index (χ1n) is 9.26. The number of ether oxygens (including phenoxy) is 2. The summed E-state index contributed by atoms with van der Waals surface area (Å²) in [6, 6.07) is 17.7. The van der Waals surface area contributed by atoms with Crippen molar-refractivity contribution in [1.82, 2.24) is 4.90 Å². The summed E-state index contributed by atoms with van der Waals surface area (Å²) in [5.41, 5.74) is 2.96. The second kappa shape index (κ2) is 8.30. The van der Waals surface area contributed by atoms with Gasteiger partial charge in [0.15, 0.2) is 0 Å². The quantitative estimate of drug-likeness (QED) is 0.578. The Labute approximate surface area is 165 Å². The highest BCUT2D eigenvalue weighted by Crippen LogP contribution is 2.39. The van der Waals surface area contributed by atoms with Crippen LogP contribution in [0.2, 0.25) is 0 Å². The normalized spacial score (nSPS) is 21.2. The molecule has 2 atom stereocenters. The number of rotatable bonds is 5. The summed E-state index contributed by atoms with van der Waals surface area (Å²) in [5.74, 6) is -0.430. The second-order valence-electron chi connectivity index (χ2n) is 7.24. The molecule has 28 heavy (non-hydrogen) atoms. The molecule has 0 unspecified atom stereocenters. The van der Waals surface area contributed by atoms with Gasteiger partial charge in [0.25, 0.3) is 0 Å². The molecule has 1 fully saturated rings. The minimum Gasteiger partial charge on any atom is -0.467 e. The van der Waals surface area contributed by atoms with E-state index in [-0.39, 0.29) is 12.0 Å². The Bertz CT molecular complexity index is 847. The summed E-state index contributed by atoms with van der Waals surface area (Å²) in [6.07, 6.45) is 1.45. The van der Waals surface area contributed by atoms with Crippen molar-refractivity contribution in [2.24, 2.45) is 0 Å². The van der Waals surface area contributed by atoms with Crippen molar-refractivity contribution >= 4 is 12.1 Å². The number of benzene rings is 2. The van der Waals surface area contributed by atoms with Crippen molar-refractivity contribution in [3.63, 3.8) is 0 Å². The van der Waals surface area contributed by atoms with Crippen LogP contribution in [0.3, 0.4) is 0 Å². The standard InChI is InChI=1S/C23H25NO4/c1-4-14-28-22(26)24-16-23(2,15-20(24)21(25)27-3)19-12-10-18(11-13-19)17-8-6-5-7-9-17/h4-13,20H,1,14-16H2,2-3H3/t20-,23+/m0/s1. The van der Waals surface area contributed by atoms with Crippen LogP contribution < -0.4 is 0 Å². The van der Waals surface area contributed by atoms with Crippen LogP contribution in [0.5, 0.6) is 0 Å². The van der Waals surface area contributed by atoms with Crippen LogP contribution in [0.15, 0.2) is 67.3 Å². The molecule has 2 aromatic carbocycles. The molecular formula is C23H25NO4. The number of carbonyl (C=O) groups excluding carboxylic acids is 2. The average molecular weight is 379 g/mol. The smallest absolute Gasteiger partial charge is 0.410 e. The Balaban J connectivity index is 1.85. The van der Waals surface area contributed by atoms with E-state index < -0.39 is 18.1 Å². The lowest BCUT2D eigenvalue weighted by Crippen LogP contribution is -2.41. The number of carbonyl (C=O) groups is 2.